The van der Waals surface area contributed by atoms with Gasteiger partial charge in [0, 0.05) is 25.3 Å². The van der Waals surface area contributed by atoms with Gasteiger partial charge in [-0.3, -0.25) is 0 Å². The first-order valence-corrected chi connectivity index (χ1v) is 6.68. The molecule has 3 heteroatoms. The van der Waals surface area contributed by atoms with Crippen LogP contribution < -0.4 is 5.32 Å². The van der Waals surface area contributed by atoms with Crippen LogP contribution in [0.15, 0.2) is 0 Å². The second kappa shape index (κ2) is 7.34. The Hall–Kier alpha value is -0.120. The van der Waals surface area contributed by atoms with Crippen molar-refractivity contribution in [2.24, 2.45) is 5.41 Å². The molecule has 3 nitrogen and oxygen atoms in total. The van der Waals surface area contributed by atoms with E-state index in [1.807, 2.05) is 13.8 Å². The average molecular weight is 245 g/mol. The highest BCUT2D eigenvalue weighted by Crippen LogP contribution is 2.26. The molecule has 0 aliphatic carbocycles. The van der Waals surface area contributed by atoms with Gasteiger partial charge in [0.15, 0.2) is 6.29 Å². The molecule has 17 heavy (non-hydrogen) atoms. The number of hydrogen-bond donors (Lipinski definition) is 1. The van der Waals surface area contributed by atoms with E-state index in [2.05, 4.69) is 39.9 Å². The molecule has 0 aliphatic heterocycles. The Bertz CT molecular complexity index is 191. The molecule has 0 aromatic rings. The lowest BCUT2D eigenvalue weighted by Crippen LogP contribution is -2.46. The molecule has 0 aromatic heterocycles. The third-order valence-corrected chi connectivity index (χ3v) is 2.42. The molecule has 0 saturated heterocycles. The molecule has 0 heterocycles. The summed E-state index contributed by atoms with van der Waals surface area (Å²) in [7, 11) is 0. The van der Waals surface area contributed by atoms with Crippen molar-refractivity contribution in [2.45, 2.75) is 66.7 Å². The van der Waals surface area contributed by atoms with Crippen molar-refractivity contribution in [1.82, 2.24) is 5.32 Å². The van der Waals surface area contributed by atoms with E-state index in [9.17, 15) is 0 Å². The van der Waals surface area contributed by atoms with Crippen molar-refractivity contribution < 1.29 is 9.47 Å². The molecule has 0 rings (SSSR count). The molecular formula is C14H31NO2. The topological polar surface area (TPSA) is 30.5 Å². The Kier molecular flexibility index (Phi) is 7.29. The fourth-order valence-electron chi connectivity index (χ4n) is 2.29. The van der Waals surface area contributed by atoms with Crippen molar-refractivity contribution in [2.75, 3.05) is 19.8 Å². The van der Waals surface area contributed by atoms with Crippen LogP contribution >= 0.6 is 0 Å². The van der Waals surface area contributed by atoms with Crippen LogP contribution in [0.3, 0.4) is 0 Å². The van der Waals surface area contributed by atoms with Crippen molar-refractivity contribution in [3.05, 3.63) is 0 Å². The second-order valence-electron chi connectivity index (χ2n) is 6.34. The van der Waals surface area contributed by atoms with E-state index in [0.29, 0.717) is 18.6 Å². The van der Waals surface area contributed by atoms with Gasteiger partial charge >= 0.3 is 0 Å². The van der Waals surface area contributed by atoms with Gasteiger partial charge in [0.25, 0.3) is 0 Å². The Morgan fingerprint density at radius 3 is 1.76 bits per heavy atom. The van der Waals surface area contributed by atoms with E-state index in [0.717, 1.165) is 13.0 Å². The van der Waals surface area contributed by atoms with Crippen LogP contribution in [0, 0.1) is 5.41 Å². The quantitative estimate of drug-likeness (QED) is 0.666. The first-order valence-electron chi connectivity index (χ1n) is 6.68. The van der Waals surface area contributed by atoms with Crippen LogP contribution in [0.1, 0.15) is 54.9 Å². The van der Waals surface area contributed by atoms with E-state index in [1.165, 1.54) is 0 Å². The Morgan fingerprint density at radius 1 is 0.941 bits per heavy atom. The molecule has 0 spiro atoms. The predicted octanol–water partition coefficient (Wildman–Crippen LogP) is 3.19. The lowest BCUT2D eigenvalue weighted by molar-refractivity contribution is -0.135. The first-order chi connectivity index (χ1) is 7.70. The van der Waals surface area contributed by atoms with Gasteiger partial charge in [0.05, 0.1) is 0 Å². The zero-order valence-corrected chi connectivity index (χ0v) is 12.7. The Morgan fingerprint density at radius 2 is 1.41 bits per heavy atom. The van der Waals surface area contributed by atoms with Crippen LogP contribution in [0.25, 0.3) is 0 Å². The van der Waals surface area contributed by atoms with Crippen LogP contribution in [0.2, 0.25) is 0 Å². The Labute approximate surface area is 107 Å². The molecule has 0 bridgehead atoms. The average Bonchev–Trinajstić information content (AvgIpc) is 2.11. The van der Waals surface area contributed by atoms with E-state index >= 15 is 0 Å². The molecular weight excluding hydrogens is 214 g/mol. The van der Waals surface area contributed by atoms with Crippen LogP contribution in [0.4, 0.5) is 0 Å². The summed E-state index contributed by atoms with van der Waals surface area (Å²) in [6.45, 7) is 17.3. The van der Waals surface area contributed by atoms with Gasteiger partial charge in [-0.25, -0.2) is 0 Å². The van der Waals surface area contributed by atoms with E-state index in [1.54, 1.807) is 0 Å². The summed E-state index contributed by atoms with van der Waals surface area (Å²) in [6.07, 6.45) is 0.981. The zero-order chi connectivity index (χ0) is 13.5. The summed E-state index contributed by atoms with van der Waals surface area (Å²) in [6, 6.07) is 0. The number of ether oxygens (including phenoxy) is 2. The minimum Gasteiger partial charge on any atom is -0.352 e. The van der Waals surface area contributed by atoms with Crippen molar-refractivity contribution in [1.29, 1.82) is 0 Å². The van der Waals surface area contributed by atoms with Gasteiger partial charge in [0.1, 0.15) is 0 Å². The highest BCUT2D eigenvalue weighted by molar-refractivity contribution is 4.83. The molecule has 0 aromatic carbocycles. The summed E-state index contributed by atoms with van der Waals surface area (Å²) >= 11 is 0. The fourth-order valence-corrected chi connectivity index (χ4v) is 2.29. The number of rotatable bonds is 8. The number of hydrogen-bond acceptors (Lipinski definition) is 3. The van der Waals surface area contributed by atoms with Crippen LogP contribution in [0.5, 0.6) is 0 Å². The number of nitrogens with one attached hydrogen (secondary N) is 1. The fraction of sp³-hybridized carbons (Fsp3) is 1.00. The third kappa shape index (κ3) is 9.57. The molecule has 0 unspecified atom stereocenters. The highest BCUT2D eigenvalue weighted by Gasteiger charge is 2.25. The maximum Gasteiger partial charge on any atom is 0.169 e. The van der Waals surface area contributed by atoms with Crippen molar-refractivity contribution in [3.8, 4) is 0 Å². The maximum absolute atomic E-state index is 5.52. The predicted molar refractivity (Wildman–Crippen MR) is 73.2 cm³/mol. The normalized spacial score (nSPS) is 13.4. The standard InChI is InChI=1S/C14H31NO2/c1-8-16-12(17-9-2)10-15-14(6,7)11-13(3,4)5/h12,15H,8-11H2,1-7H3. The van der Waals surface area contributed by atoms with Crippen LogP contribution in [-0.4, -0.2) is 31.6 Å². The SMILES string of the molecule is CCOC(CNC(C)(C)CC(C)(C)C)OCC. The molecule has 0 amide bonds. The van der Waals surface area contributed by atoms with Gasteiger partial charge in [-0.15, -0.1) is 0 Å². The summed E-state index contributed by atoms with van der Waals surface area (Å²) < 4.78 is 11.0. The van der Waals surface area contributed by atoms with Gasteiger partial charge in [-0.2, -0.15) is 0 Å². The molecule has 0 radical (unpaired) electrons. The van der Waals surface area contributed by atoms with Crippen LogP contribution in [-0.2, 0) is 9.47 Å². The summed E-state index contributed by atoms with van der Waals surface area (Å²) in [4.78, 5) is 0. The summed E-state index contributed by atoms with van der Waals surface area (Å²) in [5, 5.41) is 3.54. The Balaban J connectivity index is 4.12. The minimum atomic E-state index is -0.135. The monoisotopic (exact) mass is 245 g/mol. The molecule has 0 saturated carbocycles. The van der Waals surface area contributed by atoms with Gasteiger partial charge < -0.3 is 14.8 Å². The third-order valence-electron chi connectivity index (χ3n) is 2.42. The van der Waals surface area contributed by atoms with Gasteiger partial charge in [0.2, 0.25) is 0 Å². The van der Waals surface area contributed by atoms with Gasteiger partial charge in [-0.1, -0.05) is 20.8 Å². The minimum absolute atomic E-state index is 0.102. The summed E-state index contributed by atoms with van der Waals surface area (Å²) in [5.41, 5.74) is 0.425. The van der Waals surface area contributed by atoms with E-state index < -0.39 is 0 Å². The molecule has 1 N–H and O–H groups in total. The maximum atomic E-state index is 5.52. The lowest BCUT2D eigenvalue weighted by Gasteiger charge is -2.34. The largest absolute Gasteiger partial charge is 0.352 e. The van der Waals surface area contributed by atoms with Gasteiger partial charge in [-0.05, 0) is 39.5 Å². The van der Waals surface area contributed by atoms with E-state index in [-0.39, 0.29) is 11.8 Å². The van der Waals surface area contributed by atoms with Crippen molar-refractivity contribution in [3.63, 3.8) is 0 Å². The lowest BCUT2D eigenvalue weighted by atomic mass is 9.82. The molecule has 0 aliphatic rings. The zero-order valence-electron chi connectivity index (χ0n) is 12.7. The molecule has 104 valence electrons. The molecule has 0 atom stereocenters. The first kappa shape index (κ1) is 16.9. The molecule has 0 fully saturated rings. The van der Waals surface area contributed by atoms with E-state index in [4.69, 9.17) is 9.47 Å². The smallest absolute Gasteiger partial charge is 0.169 e. The second-order valence-corrected chi connectivity index (χ2v) is 6.34. The van der Waals surface area contributed by atoms with Crippen molar-refractivity contribution >= 4 is 0 Å². The highest BCUT2D eigenvalue weighted by atomic mass is 16.7. The summed E-state index contributed by atoms with van der Waals surface area (Å²) in [5.74, 6) is 0.